The van der Waals surface area contributed by atoms with Crippen molar-refractivity contribution < 1.29 is 9.53 Å². The molecule has 0 radical (unpaired) electrons. The molecule has 0 amide bonds. The summed E-state index contributed by atoms with van der Waals surface area (Å²) in [6, 6.07) is 15.1. The second-order valence-corrected chi connectivity index (χ2v) is 3.88. The second-order valence-electron chi connectivity index (χ2n) is 3.88. The van der Waals surface area contributed by atoms with Gasteiger partial charge in [0.25, 0.3) is 0 Å². The molecular formula is C15H15NO2. The number of carbonyl (C=O) groups is 1. The molecule has 0 aliphatic heterocycles. The van der Waals surface area contributed by atoms with E-state index in [1.54, 1.807) is 6.07 Å². The molecule has 3 heteroatoms. The molecule has 1 N–H and O–H groups in total. The van der Waals surface area contributed by atoms with E-state index >= 15 is 0 Å². The maximum atomic E-state index is 10.9. The van der Waals surface area contributed by atoms with Gasteiger partial charge in [-0.2, -0.15) is 0 Å². The number of nitrogens with one attached hydrogen (secondary N) is 1. The van der Waals surface area contributed by atoms with E-state index in [0.717, 1.165) is 23.3 Å². The first-order valence-electron chi connectivity index (χ1n) is 5.77. The van der Waals surface area contributed by atoms with E-state index in [4.69, 9.17) is 4.74 Å². The van der Waals surface area contributed by atoms with Crippen LogP contribution in [0, 0.1) is 0 Å². The minimum atomic E-state index is 0.397. The highest BCUT2D eigenvalue weighted by Gasteiger charge is 2.01. The first-order chi connectivity index (χ1) is 8.83. The van der Waals surface area contributed by atoms with Crippen LogP contribution in [0.25, 0.3) is 0 Å². The van der Waals surface area contributed by atoms with Crippen molar-refractivity contribution >= 4 is 12.0 Å². The van der Waals surface area contributed by atoms with Crippen molar-refractivity contribution in [3.8, 4) is 5.75 Å². The zero-order valence-electron chi connectivity index (χ0n) is 10.2. The summed E-state index contributed by atoms with van der Waals surface area (Å²) in [5, 5.41) is 3.04. The highest BCUT2D eigenvalue weighted by molar-refractivity contribution is 5.77. The van der Waals surface area contributed by atoms with Gasteiger partial charge < -0.3 is 10.1 Å². The van der Waals surface area contributed by atoms with E-state index in [-0.39, 0.29) is 0 Å². The van der Waals surface area contributed by atoms with Gasteiger partial charge in [0.05, 0.1) is 0 Å². The van der Waals surface area contributed by atoms with Crippen LogP contribution >= 0.6 is 0 Å². The highest BCUT2D eigenvalue weighted by atomic mass is 16.5. The van der Waals surface area contributed by atoms with Gasteiger partial charge in [-0.05, 0) is 29.8 Å². The molecular weight excluding hydrogens is 226 g/mol. The van der Waals surface area contributed by atoms with Crippen LogP contribution in [-0.4, -0.2) is 13.3 Å². The molecule has 92 valence electrons. The maximum absolute atomic E-state index is 10.9. The molecule has 2 aromatic carbocycles. The molecule has 0 atom stereocenters. The zero-order chi connectivity index (χ0) is 12.8. The van der Waals surface area contributed by atoms with Crippen LogP contribution in [0.3, 0.4) is 0 Å². The third kappa shape index (κ3) is 2.88. The summed E-state index contributed by atoms with van der Waals surface area (Å²) in [6.07, 6.45) is 0.850. The Balaban J connectivity index is 2.04. The fourth-order valence-corrected chi connectivity index (χ4v) is 1.66. The number of anilines is 1. The summed E-state index contributed by atoms with van der Waals surface area (Å²) in [6.45, 7) is 0.397. The molecule has 2 aromatic rings. The molecule has 3 nitrogen and oxygen atoms in total. The molecule has 2 rings (SSSR count). The number of ether oxygens (including phenoxy) is 1. The minimum absolute atomic E-state index is 0.397. The Morgan fingerprint density at radius 3 is 2.50 bits per heavy atom. The first kappa shape index (κ1) is 12.2. The van der Waals surface area contributed by atoms with Gasteiger partial charge in [-0.15, -0.1) is 0 Å². The minimum Gasteiger partial charge on any atom is -0.489 e. The van der Waals surface area contributed by atoms with Crippen molar-refractivity contribution in [2.24, 2.45) is 0 Å². The summed E-state index contributed by atoms with van der Waals surface area (Å²) >= 11 is 0. The van der Waals surface area contributed by atoms with Crippen molar-refractivity contribution in [1.82, 2.24) is 0 Å². The molecule has 18 heavy (non-hydrogen) atoms. The Morgan fingerprint density at radius 1 is 1.11 bits per heavy atom. The van der Waals surface area contributed by atoms with Crippen LogP contribution in [0.2, 0.25) is 0 Å². The smallest absolute Gasteiger partial charge is 0.150 e. The van der Waals surface area contributed by atoms with Gasteiger partial charge in [0.1, 0.15) is 18.6 Å². The van der Waals surface area contributed by atoms with E-state index in [2.05, 4.69) is 5.32 Å². The molecule has 0 bridgehead atoms. The number of carbonyl (C=O) groups excluding carboxylic acids is 1. The average molecular weight is 241 g/mol. The zero-order valence-corrected chi connectivity index (χ0v) is 10.2. The summed E-state index contributed by atoms with van der Waals surface area (Å²) in [5.74, 6) is 0.787. The monoisotopic (exact) mass is 241 g/mol. The largest absolute Gasteiger partial charge is 0.489 e. The van der Waals surface area contributed by atoms with Gasteiger partial charge >= 0.3 is 0 Å². The fraction of sp³-hybridized carbons (Fsp3) is 0.133. The maximum Gasteiger partial charge on any atom is 0.150 e. The molecule has 0 heterocycles. The molecule has 0 saturated carbocycles. The lowest BCUT2D eigenvalue weighted by Gasteiger charge is -2.08. The molecule has 0 saturated heterocycles. The van der Waals surface area contributed by atoms with Gasteiger partial charge in [-0.1, -0.05) is 24.3 Å². The number of hydrogen-bond acceptors (Lipinski definition) is 3. The van der Waals surface area contributed by atoms with E-state index in [9.17, 15) is 4.79 Å². The predicted molar refractivity (Wildman–Crippen MR) is 72.2 cm³/mol. The van der Waals surface area contributed by atoms with Gasteiger partial charge in [0.15, 0.2) is 0 Å². The highest BCUT2D eigenvalue weighted by Crippen LogP contribution is 2.17. The second kappa shape index (κ2) is 5.87. The van der Waals surface area contributed by atoms with Crippen LogP contribution < -0.4 is 10.1 Å². The number of benzene rings is 2. The summed E-state index contributed by atoms with van der Waals surface area (Å²) in [7, 11) is 1.87. The average Bonchev–Trinajstić information content (AvgIpc) is 2.46. The van der Waals surface area contributed by atoms with E-state index in [1.807, 2.05) is 49.5 Å². The lowest BCUT2D eigenvalue weighted by molar-refractivity contribution is 0.112. The molecule has 0 aliphatic carbocycles. The van der Waals surface area contributed by atoms with Crippen LogP contribution in [0.4, 0.5) is 5.69 Å². The SMILES string of the molecule is CNc1ccc(OCc2ccccc2C=O)cc1. The van der Waals surface area contributed by atoms with E-state index < -0.39 is 0 Å². The van der Waals surface area contributed by atoms with Gasteiger partial charge in [-0.25, -0.2) is 0 Å². The van der Waals surface area contributed by atoms with Crippen molar-refractivity contribution in [3.63, 3.8) is 0 Å². The third-order valence-electron chi connectivity index (χ3n) is 2.72. The molecule has 0 aromatic heterocycles. The topological polar surface area (TPSA) is 38.3 Å². The Bertz CT molecular complexity index is 520. The Labute approximate surface area is 106 Å². The number of rotatable bonds is 5. The van der Waals surface area contributed by atoms with Crippen molar-refractivity contribution in [2.75, 3.05) is 12.4 Å². The molecule has 0 unspecified atom stereocenters. The van der Waals surface area contributed by atoms with Crippen LogP contribution in [0.1, 0.15) is 15.9 Å². The molecule has 0 spiro atoms. The van der Waals surface area contributed by atoms with Crippen molar-refractivity contribution in [1.29, 1.82) is 0 Å². The Kier molecular flexibility index (Phi) is 3.97. The quantitative estimate of drug-likeness (QED) is 0.817. The Morgan fingerprint density at radius 2 is 1.83 bits per heavy atom. The predicted octanol–water partition coefficient (Wildman–Crippen LogP) is 3.12. The lowest BCUT2D eigenvalue weighted by Crippen LogP contribution is -1.99. The molecule has 0 fully saturated rings. The van der Waals surface area contributed by atoms with Crippen LogP contribution in [0.5, 0.6) is 5.75 Å². The Hall–Kier alpha value is -2.29. The normalized spacial score (nSPS) is 9.83. The number of aldehydes is 1. The van der Waals surface area contributed by atoms with Gasteiger partial charge in [-0.3, -0.25) is 4.79 Å². The molecule has 0 aliphatic rings. The first-order valence-corrected chi connectivity index (χ1v) is 5.77. The van der Waals surface area contributed by atoms with E-state index in [1.165, 1.54) is 0 Å². The van der Waals surface area contributed by atoms with Crippen LogP contribution in [-0.2, 0) is 6.61 Å². The van der Waals surface area contributed by atoms with Gasteiger partial charge in [0.2, 0.25) is 0 Å². The van der Waals surface area contributed by atoms with Crippen molar-refractivity contribution in [2.45, 2.75) is 6.61 Å². The standard InChI is InChI=1S/C15H15NO2/c1-16-14-6-8-15(9-7-14)18-11-13-5-3-2-4-12(13)10-17/h2-10,16H,11H2,1H3. The summed E-state index contributed by atoms with van der Waals surface area (Å²) in [4.78, 5) is 10.9. The van der Waals surface area contributed by atoms with Gasteiger partial charge in [0, 0.05) is 18.3 Å². The third-order valence-corrected chi connectivity index (χ3v) is 2.72. The summed E-state index contributed by atoms with van der Waals surface area (Å²) < 4.78 is 5.65. The van der Waals surface area contributed by atoms with Crippen molar-refractivity contribution in [3.05, 3.63) is 59.7 Å². The van der Waals surface area contributed by atoms with E-state index in [0.29, 0.717) is 12.2 Å². The number of hydrogen-bond donors (Lipinski definition) is 1. The summed E-state index contributed by atoms with van der Waals surface area (Å²) in [5.41, 5.74) is 2.60. The lowest BCUT2D eigenvalue weighted by atomic mass is 10.1. The fourth-order valence-electron chi connectivity index (χ4n) is 1.66. The van der Waals surface area contributed by atoms with Crippen LogP contribution in [0.15, 0.2) is 48.5 Å².